The third-order valence-corrected chi connectivity index (χ3v) is 3.74. The highest BCUT2D eigenvalue weighted by molar-refractivity contribution is 6.18. The van der Waals surface area contributed by atoms with Crippen LogP contribution in [0.25, 0.3) is 32.3 Å². The van der Waals surface area contributed by atoms with E-state index in [1.807, 2.05) is 36.4 Å². The molecule has 1 nitrogen and oxygen atoms in total. The van der Waals surface area contributed by atoms with E-state index >= 15 is 0 Å². The summed E-state index contributed by atoms with van der Waals surface area (Å²) in [5.74, 6) is 0.347. The summed E-state index contributed by atoms with van der Waals surface area (Å²) in [6, 6.07) is 22.4. The second-order valence-electron chi connectivity index (χ2n) is 4.82. The molecular formula is C18H12O. The molecule has 4 aromatic carbocycles. The van der Waals surface area contributed by atoms with Gasteiger partial charge in [-0.3, -0.25) is 0 Å². The van der Waals surface area contributed by atoms with Crippen molar-refractivity contribution >= 4 is 32.3 Å². The van der Waals surface area contributed by atoms with Gasteiger partial charge in [-0.2, -0.15) is 0 Å². The lowest BCUT2D eigenvalue weighted by atomic mass is 10.2. The van der Waals surface area contributed by atoms with Crippen LogP contribution < -0.4 is 0 Å². The standard InChI is InChI=1S/C18H12O/c19-18-11-17-13-6-2-1-5-12(13)9-10-15(17)14-7-3-4-8-16(14)18/h1-11,19H/i11+1,14+1,15+1,16+1,17+1,18+1. The van der Waals surface area contributed by atoms with Gasteiger partial charge in [0.2, 0.25) is 0 Å². The minimum absolute atomic E-state index is 0.347. The molecule has 0 fully saturated rings. The molecule has 0 unspecified atom stereocenters. The number of hydrogen-bond acceptors (Lipinski definition) is 1. The minimum atomic E-state index is 0.347. The molecule has 0 aliphatic rings. The van der Waals surface area contributed by atoms with Crippen molar-refractivity contribution in [2.45, 2.75) is 0 Å². The molecule has 0 bridgehead atoms. The van der Waals surface area contributed by atoms with Gasteiger partial charge in [0.15, 0.2) is 0 Å². The van der Waals surface area contributed by atoms with Crippen molar-refractivity contribution in [3.05, 3.63) is 66.7 Å². The predicted molar refractivity (Wildman–Crippen MR) is 80.6 cm³/mol. The van der Waals surface area contributed by atoms with Crippen molar-refractivity contribution in [3.63, 3.8) is 0 Å². The summed E-state index contributed by atoms with van der Waals surface area (Å²) in [6.45, 7) is 0. The molecule has 90 valence electrons. The summed E-state index contributed by atoms with van der Waals surface area (Å²) in [5.41, 5.74) is 0. The first-order valence-electron chi connectivity index (χ1n) is 6.37. The second kappa shape index (κ2) is 3.72. The summed E-state index contributed by atoms with van der Waals surface area (Å²) in [4.78, 5) is 0. The van der Waals surface area contributed by atoms with Crippen LogP contribution in [0.2, 0.25) is 0 Å². The maximum atomic E-state index is 10.2. The van der Waals surface area contributed by atoms with Crippen LogP contribution in [0.4, 0.5) is 0 Å². The lowest BCUT2D eigenvalue weighted by molar-refractivity contribution is 0.482. The zero-order chi connectivity index (χ0) is 12.8. The molecule has 0 aromatic heterocycles. The van der Waals surface area contributed by atoms with Crippen LogP contribution in [0.15, 0.2) is 66.7 Å². The third kappa shape index (κ3) is 1.42. The van der Waals surface area contributed by atoms with Gasteiger partial charge in [-0.25, -0.2) is 0 Å². The van der Waals surface area contributed by atoms with Gasteiger partial charge in [0.1, 0.15) is 5.75 Å². The fraction of sp³-hybridized carbons (Fsp3) is 0. The maximum Gasteiger partial charge on any atom is 0.124 e. The molecule has 0 saturated heterocycles. The van der Waals surface area contributed by atoms with Gasteiger partial charge in [-0.1, -0.05) is 60.7 Å². The molecule has 19 heavy (non-hydrogen) atoms. The molecule has 1 N–H and O–H groups in total. The van der Waals surface area contributed by atoms with E-state index in [4.69, 9.17) is 0 Å². The van der Waals surface area contributed by atoms with E-state index < -0.39 is 0 Å². The lowest BCUT2D eigenvalue weighted by Gasteiger charge is -2.09. The van der Waals surface area contributed by atoms with Gasteiger partial charge in [-0.05, 0) is 33.0 Å². The lowest BCUT2D eigenvalue weighted by Crippen LogP contribution is -1.81. The Kier molecular flexibility index (Phi) is 2.04. The summed E-state index contributed by atoms with van der Waals surface area (Å²) >= 11 is 0. The topological polar surface area (TPSA) is 20.2 Å². The van der Waals surface area contributed by atoms with Crippen LogP contribution in [0, 0.1) is 0 Å². The molecule has 0 aliphatic carbocycles. The minimum Gasteiger partial charge on any atom is -0.507 e. The normalized spacial score (nSPS) is 11.4. The molecule has 0 aliphatic heterocycles. The summed E-state index contributed by atoms with van der Waals surface area (Å²) < 4.78 is 0. The van der Waals surface area contributed by atoms with Crippen molar-refractivity contribution in [1.29, 1.82) is 0 Å². The first-order valence-corrected chi connectivity index (χ1v) is 6.37. The second-order valence-corrected chi connectivity index (χ2v) is 4.82. The summed E-state index contributed by atoms with van der Waals surface area (Å²) in [5, 5.41) is 16.9. The molecule has 0 radical (unpaired) electrons. The first-order chi connectivity index (χ1) is 9.34. The van der Waals surface area contributed by atoms with Crippen molar-refractivity contribution in [1.82, 2.24) is 0 Å². The number of aromatic hydroxyl groups is 1. The van der Waals surface area contributed by atoms with Crippen LogP contribution in [0.3, 0.4) is 0 Å². The molecule has 0 heterocycles. The maximum absolute atomic E-state index is 10.2. The Hall–Kier alpha value is -2.54. The fourth-order valence-electron chi connectivity index (χ4n) is 2.84. The summed E-state index contributed by atoms with van der Waals surface area (Å²) in [6.07, 6.45) is 0. The van der Waals surface area contributed by atoms with Gasteiger partial charge in [0, 0.05) is 5.39 Å². The van der Waals surface area contributed by atoms with E-state index in [0.29, 0.717) is 5.75 Å². The SMILES string of the molecule is O[13c]1[13cH][13c]2c3ccccc3cc[13c]2[13c]2cccc[13c]12. The van der Waals surface area contributed by atoms with E-state index in [-0.39, 0.29) is 0 Å². The smallest absolute Gasteiger partial charge is 0.124 e. The Morgan fingerprint density at radius 2 is 1.16 bits per heavy atom. The molecule has 0 saturated carbocycles. The van der Waals surface area contributed by atoms with Gasteiger partial charge >= 0.3 is 0 Å². The molecule has 4 aromatic rings. The monoisotopic (exact) mass is 250 g/mol. The number of fused-ring (bicyclic) bond motifs is 5. The molecular weight excluding hydrogens is 238 g/mol. The van der Waals surface area contributed by atoms with Crippen molar-refractivity contribution in [2.75, 3.05) is 0 Å². The van der Waals surface area contributed by atoms with E-state index in [1.54, 1.807) is 0 Å². The highest BCUT2D eigenvalue weighted by Crippen LogP contribution is 2.36. The Bertz CT molecular complexity index is 922. The molecule has 0 amide bonds. The summed E-state index contributed by atoms with van der Waals surface area (Å²) in [7, 11) is 0. The largest absolute Gasteiger partial charge is 0.507 e. The number of hydrogen-bond donors (Lipinski definition) is 1. The van der Waals surface area contributed by atoms with E-state index in [0.717, 1.165) is 16.2 Å². The number of phenols is 1. The number of phenolic OH excluding ortho intramolecular Hbond substituents is 1. The Morgan fingerprint density at radius 3 is 2.00 bits per heavy atom. The van der Waals surface area contributed by atoms with Gasteiger partial charge in [0.05, 0.1) is 0 Å². The van der Waals surface area contributed by atoms with Crippen molar-refractivity contribution in [3.8, 4) is 5.75 Å². The van der Waals surface area contributed by atoms with Crippen molar-refractivity contribution < 1.29 is 5.11 Å². The predicted octanol–water partition coefficient (Wildman–Crippen LogP) is 4.85. The highest BCUT2D eigenvalue weighted by Gasteiger charge is 2.07. The highest BCUT2D eigenvalue weighted by atomic mass is 16.3. The Morgan fingerprint density at radius 1 is 0.526 bits per heavy atom. The van der Waals surface area contributed by atoms with Crippen LogP contribution >= 0.6 is 0 Å². The van der Waals surface area contributed by atoms with Crippen LogP contribution in [0.1, 0.15) is 0 Å². The zero-order valence-corrected chi connectivity index (χ0v) is 10.3. The van der Waals surface area contributed by atoms with E-state index in [1.165, 1.54) is 16.2 Å². The fourth-order valence-corrected chi connectivity index (χ4v) is 2.84. The molecule has 4 rings (SSSR count). The number of rotatable bonds is 0. The average Bonchev–Trinajstić information content (AvgIpc) is 2.47. The average molecular weight is 250 g/mol. The molecule has 0 spiro atoms. The Balaban J connectivity index is 2.34. The van der Waals surface area contributed by atoms with E-state index in [9.17, 15) is 5.11 Å². The van der Waals surface area contributed by atoms with Crippen molar-refractivity contribution in [2.24, 2.45) is 0 Å². The van der Waals surface area contributed by atoms with Gasteiger partial charge in [0.25, 0.3) is 0 Å². The first kappa shape index (κ1) is 10.4. The van der Waals surface area contributed by atoms with Gasteiger partial charge in [-0.15, -0.1) is 0 Å². The third-order valence-electron chi connectivity index (χ3n) is 3.74. The van der Waals surface area contributed by atoms with Crippen LogP contribution in [-0.4, -0.2) is 5.11 Å². The van der Waals surface area contributed by atoms with Crippen LogP contribution in [-0.2, 0) is 0 Å². The van der Waals surface area contributed by atoms with Gasteiger partial charge < -0.3 is 5.11 Å². The molecule has 0 atom stereocenters. The van der Waals surface area contributed by atoms with E-state index in [2.05, 4.69) is 30.3 Å². The molecule has 1 heteroatoms. The zero-order valence-electron chi connectivity index (χ0n) is 10.3. The number of benzene rings is 4. The quantitative estimate of drug-likeness (QED) is 0.442. The Labute approximate surface area is 110 Å². The van der Waals surface area contributed by atoms with Crippen LogP contribution in [0.5, 0.6) is 5.75 Å².